The van der Waals surface area contributed by atoms with E-state index in [1.807, 2.05) is 12.1 Å². The number of hydrogen-bond donors (Lipinski definition) is 3. The lowest BCUT2D eigenvalue weighted by atomic mass is 10.2. The number of nitrogens with one attached hydrogen (secondary N) is 1. The Labute approximate surface area is 83.7 Å². The highest BCUT2D eigenvalue weighted by Gasteiger charge is 2.05. The first kappa shape index (κ1) is 10.8. The Morgan fingerprint density at radius 3 is 2.93 bits per heavy atom. The van der Waals surface area contributed by atoms with Crippen LogP contribution in [0.5, 0.6) is 11.5 Å². The molecule has 0 aliphatic rings. The van der Waals surface area contributed by atoms with Gasteiger partial charge in [-0.25, -0.2) is 0 Å². The second kappa shape index (κ2) is 5.47. The average Bonchev–Trinajstić information content (AvgIpc) is 2.21. The largest absolute Gasteiger partial charge is 0.504 e. The highest BCUT2D eigenvalue weighted by molar-refractivity contribution is 5.45. The van der Waals surface area contributed by atoms with E-state index in [-0.39, 0.29) is 5.75 Å². The zero-order valence-corrected chi connectivity index (χ0v) is 8.29. The Bertz CT molecular complexity index is 289. The predicted molar refractivity (Wildman–Crippen MR) is 55.4 cm³/mol. The van der Waals surface area contributed by atoms with E-state index in [1.54, 1.807) is 6.07 Å². The van der Waals surface area contributed by atoms with Gasteiger partial charge in [-0.2, -0.15) is 0 Å². The molecule has 0 radical (unpaired) electrons. The van der Waals surface area contributed by atoms with Crippen molar-refractivity contribution in [3.05, 3.63) is 23.8 Å². The quantitative estimate of drug-likeness (QED) is 0.598. The van der Waals surface area contributed by atoms with Crippen LogP contribution in [0.15, 0.2) is 18.2 Å². The molecule has 0 spiro atoms. The minimum atomic E-state index is 0.194. The van der Waals surface area contributed by atoms with Gasteiger partial charge in [-0.1, -0.05) is 12.1 Å². The molecule has 0 aliphatic carbocycles. The van der Waals surface area contributed by atoms with E-state index < -0.39 is 0 Å². The molecule has 14 heavy (non-hydrogen) atoms. The molecule has 4 nitrogen and oxygen atoms in total. The van der Waals surface area contributed by atoms with Crippen LogP contribution < -0.4 is 15.8 Å². The molecule has 0 saturated heterocycles. The third-order valence-electron chi connectivity index (χ3n) is 1.94. The normalized spacial score (nSPS) is 10.1. The van der Waals surface area contributed by atoms with Crippen LogP contribution in [0.3, 0.4) is 0 Å². The molecule has 0 aliphatic heterocycles. The summed E-state index contributed by atoms with van der Waals surface area (Å²) in [6.45, 7) is 1.92. The van der Waals surface area contributed by atoms with Crippen LogP contribution in [0.4, 0.5) is 0 Å². The van der Waals surface area contributed by atoms with E-state index in [0.29, 0.717) is 18.8 Å². The monoisotopic (exact) mass is 196 g/mol. The summed E-state index contributed by atoms with van der Waals surface area (Å²) in [5.41, 5.74) is 6.15. The van der Waals surface area contributed by atoms with Crippen molar-refractivity contribution in [3.63, 3.8) is 0 Å². The van der Waals surface area contributed by atoms with Crippen molar-refractivity contribution in [2.24, 2.45) is 5.73 Å². The Hall–Kier alpha value is -1.26. The standard InChI is InChI=1S/C10H16N2O2/c1-14-9-4-2-3-8(10(9)13)7-12-6-5-11/h2-4,12-13H,5-7,11H2,1H3. The number of phenolic OH excluding ortho intramolecular Hbond substituents is 1. The first-order valence-electron chi connectivity index (χ1n) is 4.55. The summed E-state index contributed by atoms with van der Waals surface area (Å²) in [7, 11) is 1.53. The summed E-state index contributed by atoms with van der Waals surface area (Å²) < 4.78 is 4.99. The molecule has 0 saturated carbocycles. The molecule has 78 valence electrons. The minimum Gasteiger partial charge on any atom is -0.504 e. The highest BCUT2D eigenvalue weighted by Crippen LogP contribution is 2.28. The number of ether oxygens (including phenoxy) is 1. The molecule has 0 amide bonds. The second-order valence-corrected chi connectivity index (χ2v) is 2.93. The summed E-state index contributed by atoms with van der Waals surface area (Å²) in [5, 5.41) is 12.8. The zero-order chi connectivity index (χ0) is 10.4. The maximum absolute atomic E-state index is 9.69. The van der Waals surface area contributed by atoms with E-state index >= 15 is 0 Å². The number of hydrogen-bond acceptors (Lipinski definition) is 4. The lowest BCUT2D eigenvalue weighted by Crippen LogP contribution is -2.21. The minimum absolute atomic E-state index is 0.194. The summed E-state index contributed by atoms with van der Waals surface area (Å²) in [6.07, 6.45) is 0. The van der Waals surface area contributed by atoms with Crippen LogP contribution in [-0.2, 0) is 6.54 Å². The molecule has 0 fully saturated rings. The second-order valence-electron chi connectivity index (χ2n) is 2.93. The fourth-order valence-electron chi connectivity index (χ4n) is 1.20. The molecule has 4 heteroatoms. The molecular formula is C10H16N2O2. The van der Waals surface area contributed by atoms with Gasteiger partial charge in [0, 0.05) is 25.2 Å². The molecule has 1 aromatic carbocycles. The van der Waals surface area contributed by atoms with Gasteiger partial charge in [0.05, 0.1) is 7.11 Å². The smallest absolute Gasteiger partial charge is 0.162 e. The first-order chi connectivity index (χ1) is 6.79. The fourth-order valence-corrected chi connectivity index (χ4v) is 1.20. The van der Waals surface area contributed by atoms with E-state index in [0.717, 1.165) is 12.1 Å². The molecule has 1 rings (SSSR count). The SMILES string of the molecule is COc1cccc(CNCCN)c1O. The van der Waals surface area contributed by atoms with Gasteiger partial charge in [0.25, 0.3) is 0 Å². The molecule has 0 bridgehead atoms. The Morgan fingerprint density at radius 1 is 1.50 bits per heavy atom. The van der Waals surface area contributed by atoms with Gasteiger partial charge in [0.1, 0.15) is 0 Å². The Balaban J connectivity index is 2.66. The van der Waals surface area contributed by atoms with E-state index in [9.17, 15) is 5.11 Å². The van der Waals surface area contributed by atoms with Gasteiger partial charge >= 0.3 is 0 Å². The number of rotatable bonds is 5. The van der Waals surface area contributed by atoms with Crippen molar-refractivity contribution in [2.75, 3.05) is 20.2 Å². The van der Waals surface area contributed by atoms with Crippen molar-refractivity contribution in [1.82, 2.24) is 5.32 Å². The highest BCUT2D eigenvalue weighted by atomic mass is 16.5. The van der Waals surface area contributed by atoms with Crippen molar-refractivity contribution in [3.8, 4) is 11.5 Å². The van der Waals surface area contributed by atoms with Crippen LogP contribution >= 0.6 is 0 Å². The lowest BCUT2D eigenvalue weighted by Gasteiger charge is -2.08. The number of phenols is 1. The van der Waals surface area contributed by atoms with E-state index in [1.165, 1.54) is 7.11 Å². The zero-order valence-electron chi connectivity index (χ0n) is 8.29. The van der Waals surface area contributed by atoms with Crippen LogP contribution in [0.1, 0.15) is 5.56 Å². The molecule has 0 heterocycles. The van der Waals surface area contributed by atoms with Crippen molar-refractivity contribution >= 4 is 0 Å². The molecule has 4 N–H and O–H groups in total. The Morgan fingerprint density at radius 2 is 2.29 bits per heavy atom. The van der Waals surface area contributed by atoms with Crippen molar-refractivity contribution in [1.29, 1.82) is 0 Å². The number of para-hydroxylation sites is 1. The van der Waals surface area contributed by atoms with Gasteiger partial charge < -0.3 is 20.9 Å². The first-order valence-corrected chi connectivity index (χ1v) is 4.55. The number of methoxy groups -OCH3 is 1. The van der Waals surface area contributed by atoms with Gasteiger partial charge in [0.15, 0.2) is 11.5 Å². The molecule has 0 atom stereocenters. The van der Waals surface area contributed by atoms with Crippen LogP contribution in [0, 0.1) is 0 Å². The third-order valence-corrected chi connectivity index (χ3v) is 1.94. The van der Waals surface area contributed by atoms with Crippen LogP contribution in [0.25, 0.3) is 0 Å². The van der Waals surface area contributed by atoms with E-state index in [4.69, 9.17) is 10.5 Å². The summed E-state index contributed by atoms with van der Waals surface area (Å²) in [6, 6.07) is 5.42. The van der Waals surface area contributed by atoms with Gasteiger partial charge in [-0.05, 0) is 6.07 Å². The number of nitrogens with two attached hydrogens (primary N) is 1. The van der Waals surface area contributed by atoms with Gasteiger partial charge in [0.2, 0.25) is 0 Å². The van der Waals surface area contributed by atoms with Crippen molar-refractivity contribution in [2.45, 2.75) is 6.54 Å². The summed E-state index contributed by atoms with van der Waals surface area (Å²) >= 11 is 0. The topological polar surface area (TPSA) is 67.5 Å². The number of aromatic hydroxyl groups is 1. The maximum Gasteiger partial charge on any atom is 0.162 e. The molecule has 0 aromatic heterocycles. The fraction of sp³-hybridized carbons (Fsp3) is 0.400. The predicted octanol–water partition coefficient (Wildman–Crippen LogP) is 0.449. The maximum atomic E-state index is 9.69. The van der Waals surface area contributed by atoms with Gasteiger partial charge in [-0.3, -0.25) is 0 Å². The summed E-state index contributed by atoms with van der Waals surface area (Å²) in [5.74, 6) is 0.691. The van der Waals surface area contributed by atoms with Crippen molar-refractivity contribution < 1.29 is 9.84 Å². The Kier molecular flexibility index (Phi) is 4.22. The average molecular weight is 196 g/mol. The molecule has 0 unspecified atom stereocenters. The summed E-state index contributed by atoms with van der Waals surface area (Å²) in [4.78, 5) is 0. The number of benzene rings is 1. The lowest BCUT2D eigenvalue weighted by molar-refractivity contribution is 0.369. The molecular weight excluding hydrogens is 180 g/mol. The molecule has 1 aromatic rings. The van der Waals surface area contributed by atoms with Crippen LogP contribution in [0.2, 0.25) is 0 Å². The third kappa shape index (κ3) is 2.61. The van der Waals surface area contributed by atoms with Gasteiger partial charge in [-0.15, -0.1) is 0 Å². The van der Waals surface area contributed by atoms with Crippen LogP contribution in [-0.4, -0.2) is 25.3 Å². The van der Waals surface area contributed by atoms with E-state index in [2.05, 4.69) is 5.32 Å².